The first-order valence-corrected chi connectivity index (χ1v) is 7.89. The molecule has 2 rings (SSSR count). The molecule has 1 aliphatic rings. The fourth-order valence-corrected chi connectivity index (χ4v) is 3.10. The summed E-state index contributed by atoms with van der Waals surface area (Å²) in [6, 6.07) is 0. The SMILES string of the molecule is CCc1ncc(C(=O)N2CC(CO)CC(CN(C)C)C2)cn1. The first kappa shape index (κ1) is 16.8. The van der Waals surface area contributed by atoms with Crippen LogP contribution >= 0.6 is 0 Å². The van der Waals surface area contributed by atoms with Crippen molar-refractivity contribution < 1.29 is 9.90 Å². The van der Waals surface area contributed by atoms with Crippen molar-refractivity contribution in [3.05, 3.63) is 23.8 Å². The van der Waals surface area contributed by atoms with E-state index in [1.54, 1.807) is 12.4 Å². The smallest absolute Gasteiger partial charge is 0.257 e. The maximum atomic E-state index is 12.6. The van der Waals surface area contributed by atoms with Gasteiger partial charge in [0, 0.05) is 45.1 Å². The molecule has 1 aromatic heterocycles. The largest absolute Gasteiger partial charge is 0.396 e. The zero-order chi connectivity index (χ0) is 16.1. The molecule has 1 aliphatic heterocycles. The summed E-state index contributed by atoms with van der Waals surface area (Å²) >= 11 is 0. The van der Waals surface area contributed by atoms with Crippen LogP contribution < -0.4 is 0 Å². The molecule has 1 fully saturated rings. The van der Waals surface area contributed by atoms with Gasteiger partial charge in [0.05, 0.1) is 5.56 Å². The molecule has 0 bridgehead atoms. The van der Waals surface area contributed by atoms with Crippen molar-refractivity contribution in [1.29, 1.82) is 0 Å². The Balaban J connectivity index is 2.08. The Hall–Kier alpha value is -1.53. The van der Waals surface area contributed by atoms with Gasteiger partial charge in [0.25, 0.3) is 5.91 Å². The minimum absolute atomic E-state index is 0.0374. The topological polar surface area (TPSA) is 69.6 Å². The van der Waals surface area contributed by atoms with Gasteiger partial charge in [-0.25, -0.2) is 9.97 Å². The lowest BCUT2D eigenvalue weighted by atomic mass is 9.89. The summed E-state index contributed by atoms with van der Waals surface area (Å²) in [5.74, 6) is 1.25. The second-order valence-electron chi connectivity index (χ2n) is 6.36. The second kappa shape index (κ2) is 7.65. The average molecular weight is 306 g/mol. The third-order valence-electron chi connectivity index (χ3n) is 4.06. The first-order chi connectivity index (χ1) is 10.5. The normalized spacial score (nSPS) is 22.1. The Bertz CT molecular complexity index is 489. The van der Waals surface area contributed by atoms with E-state index in [1.807, 2.05) is 25.9 Å². The molecule has 0 aromatic carbocycles. The van der Waals surface area contributed by atoms with E-state index in [-0.39, 0.29) is 18.4 Å². The third-order valence-corrected chi connectivity index (χ3v) is 4.06. The van der Waals surface area contributed by atoms with Gasteiger partial charge in [-0.05, 0) is 32.4 Å². The molecule has 22 heavy (non-hydrogen) atoms. The lowest BCUT2D eigenvalue weighted by Crippen LogP contribution is -2.47. The molecule has 0 radical (unpaired) electrons. The molecule has 1 aromatic rings. The maximum absolute atomic E-state index is 12.6. The van der Waals surface area contributed by atoms with Crippen molar-refractivity contribution in [1.82, 2.24) is 19.8 Å². The summed E-state index contributed by atoms with van der Waals surface area (Å²) in [7, 11) is 4.07. The van der Waals surface area contributed by atoms with Gasteiger partial charge in [0.1, 0.15) is 5.82 Å². The number of aromatic nitrogens is 2. The summed E-state index contributed by atoms with van der Waals surface area (Å²) in [5.41, 5.74) is 0.527. The highest BCUT2D eigenvalue weighted by Crippen LogP contribution is 2.23. The number of carbonyl (C=O) groups is 1. The van der Waals surface area contributed by atoms with E-state index in [1.165, 1.54) is 0 Å². The summed E-state index contributed by atoms with van der Waals surface area (Å²) < 4.78 is 0. The van der Waals surface area contributed by atoms with Crippen LogP contribution in [0.5, 0.6) is 0 Å². The van der Waals surface area contributed by atoms with E-state index in [0.29, 0.717) is 18.0 Å². The molecular formula is C16H26N4O2. The number of hydrogen-bond acceptors (Lipinski definition) is 5. The molecule has 6 heteroatoms. The van der Waals surface area contributed by atoms with Crippen LogP contribution in [0.1, 0.15) is 29.5 Å². The van der Waals surface area contributed by atoms with Crippen LogP contribution in [0.25, 0.3) is 0 Å². The van der Waals surface area contributed by atoms with E-state index in [4.69, 9.17) is 0 Å². The van der Waals surface area contributed by atoms with Crippen LogP contribution in [0.15, 0.2) is 12.4 Å². The number of carbonyl (C=O) groups excluding carboxylic acids is 1. The average Bonchev–Trinajstić information content (AvgIpc) is 2.53. The molecular weight excluding hydrogens is 280 g/mol. The number of piperidine rings is 1. The molecule has 2 unspecified atom stereocenters. The van der Waals surface area contributed by atoms with Crippen molar-refractivity contribution in [3.63, 3.8) is 0 Å². The third kappa shape index (κ3) is 4.24. The summed E-state index contributed by atoms with van der Waals surface area (Å²) in [6.45, 7) is 4.36. The monoisotopic (exact) mass is 306 g/mol. The number of likely N-dealkylation sites (tertiary alicyclic amines) is 1. The van der Waals surface area contributed by atoms with Gasteiger partial charge in [-0.15, -0.1) is 0 Å². The molecule has 122 valence electrons. The Morgan fingerprint density at radius 1 is 1.32 bits per heavy atom. The van der Waals surface area contributed by atoms with Crippen LogP contribution in [0, 0.1) is 11.8 Å². The first-order valence-electron chi connectivity index (χ1n) is 7.89. The summed E-state index contributed by atoms with van der Waals surface area (Å²) in [5, 5.41) is 9.51. The summed E-state index contributed by atoms with van der Waals surface area (Å²) in [6.07, 6.45) is 4.94. The van der Waals surface area contributed by atoms with E-state index < -0.39 is 0 Å². The van der Waals surface area contributed by atoms with Gasteiger partial charge in [-0.3, -0.25) is 4.79 Å². The van der Waals surface area contributed by atoms with E-state index >= 15 is 0 Å². The van der Waals surface area contributed by atoms with Crippen LogP contribution in [0.2, 0.25) is 0 Å². The van der Waals surface area contributed by atoms with Gasteiger partial charge >= 0.3 is 0 Å². The van der Waals surface area contributed by atoms with E-state index in [9.17, 15) is 9.90 Å². The minimum atomic E-state index is -0.0374. The minimum Gasteiger partial charge on any atom is -0.396 e. The van der Waals surface area contributed by atoms with Crippen LogP contribution in [-0.2, 0) is 6.42 Å². The van der Waals surface area contributed by atoms with Crippen molar-refractivity contribution in [3.8, 4) is 0 Å². The molecule has 1 N–H and O–H groups in total. The van der Waals surface area contributed by atoms with Crippen LogP contribution in [-0.4, -0.2) is 71.1 Å². The fourth-order valence-electron chi connectivity index (χ4n) is 3.10. The number of nitrogens with zero attached hydrogens (tertiary/aromatic N) is 4. The van der Waals surface area contributed by atoms with Crippen LogP contribution in [0.4, 0.5) is 0 Å². The van der Waals surface area contributed by atoms with Gasteiger partial charge in [-0.1, -0.05) is 6.92 Å². The molecule has 0 aliphatic carbocycles. The molecule has 1 saturated heterocycles. The Kier molecular flexibility index (Phi) is 5.85. The molecule has 1 amide bonds. The molecule has 0 spiro atoms. The zero-order valence-corrected chi connectivity index (χ0v) is 13.7. The highest BCUT2D eigenvalue weighted by molar-refractivity contribution is 5.93. The van der Waals surface area contributed by atoms with Crippen molar-refractivity contribution in [2.45, 2.75) is 19.8 Å². The standard InChI is InChI=1S/C16H26N4O2/c1-4-15-17-6-14(7-18-15)16(22)20-9-12(8-19(2)3)5-13(10-20)11-21/h6-7,12-13,21H,4-5,8-11H2,1-3H3. The van der Waals surface area contributed by atoms with E-state index in [0.717, 1.165) is 31.8 Å². The number of aliphatic hydroxyl groups is 1. The van der Waals surface area contributed by atoms with Crippen molar-refractivity contribution >= 4 is 5.91 Å². The zero-order valence-electron chi connectivity index (χ0n) is 13.7. The van der Waals surface area contributed by atoms with E-state index in [2.05, 4.69) is 14.9 Å². The fraction of sp³-hybridized carbons (Fsp3) is 0.688. The Morgan fingerprint density at radius 3 is 2.50 bits per heavy atom. The highest BCUT2D eigenvalue weighted by Gasteiger charge is 2.30. The molecule has 2 atom stereocenters. The number of aryl methyl sites for hydroxylation is 1. The lowest BCUT2D eigenvalue weighted by molar-refractivity contribution is 0.0477. The number of hydrogen-bond donors (Lipinski definition) is 1. The van der Waals surface area contributed by atoms with Crippen molar-refractivity contribution in [2.75, 3.05) is 40.3 Å². The second-order valence-corrected chi connectivity index (χ2v) is 6.36. The number of aliphatic hydroxyl groups excluding tert-OH is 1. The lowest BCUT2D eigenvalue weighted by Gasteiger charge is -2.38. The predicted octanol–water partition coefficient (Wildman–Crippen LogP) is 0.671. The quantitative estimate of drug-likeness (QED) is 0.866. The van der Waals surface area contributed by atoms with Crippen molar-refractivity contribution in [2.24, 2.45) is 11.8 Å². The van der Waals surface area contributed by atoms with Gasteiger partial charge in [0.15, 0.2) is 0 Å². The Morgan fingerprint density at radius 2 is 1.95 bits per heavy atom. The van der Waals surface area contributed by atoms with Gasteiger partial charge in [-0.2, -0.15) is 0 Å². The molecule has 0 saturated carbocycles. The predicted molar refractivity (Wildman–Crippen MR) is 84.6 cm³/mol. The maximum Gasteiger partial charge on any atom is 0.257 e. The molecule has 2 heterocycles. The molecule has 6 nitrogen and oxygen atoms in total. The number of rotatable bonds is 5. The van der Waals surface area contributed by atoms with Crippen LogP contribution in [0.3, 0.4) is 0 Å². The Labute approximate surface area is 132 Å². The summed E-state index contributed by atoms with van der Waals surface area (Å²) in [4.78, 5) is 25.0. The van der Waals surface area contributed by atoms with Gasteiger partial charge < -0.3 is 14.9 Å². The number of amides is 1. The highest BCUT2D eigenvalue weighted by atomic mass is 16.3. The van der Waals surface area contributed by atoms with Gasteiger partial charge in [0.2, 0.25) is 0 Å².